The molecule has 1 amide bonds. The first kappa shape index (κ1) is 16.1. The van der Waals surface area contributed by atoms with Gasteiger partial charge >= 0.3 is 0 Å². The number of aryl methyl sites for hydroxylation is 1. The highest BCUT2D eigenvalue weighted by Crippen LogP contribution is 2.32. The van der Waals surface area contributed by atoms with Gasteiger partial charge in [0.1, 0.15) is 0 Å². The van der Waals surface area contributed by atoms with Crippen LogP contribution < -0.4 is 0 Å². The van der Waals surface area contributed by atoms with Crippen LogP contribution in [0.15, 0.2) is 29.8 Å². The number of nitrogens with one attached hydrogen (secondary N) is 1. The van der Waals surface area contributed by atoms with E-state index in [1.54, 1.807) is 0 Å². The molecule has 0 saturated carbocycles. The number of rotatable bonds is 3. The molecule has 1 fully saturated rings. The second-order valence-corrected chi connectivity index (χ2v) is 7.01. The lowest BCUT2D eigenvalue weighted by molar-refractivity contribution is -0.131. The Morgan fingerprint density at radius 1 is 1.32 bits per heavy atom. The Labute approximate surface area is 147 Å². The summed E-state index contributed by atoms with van der Waals surface area (Å²) >= 11 is 0. The minimum Gasteiger partial charge on any atom is -0.376 e. The van der Waals surface area contributed by atoms with Crippen LogP contribution in [0.1, 0.15) is 40.9 Å². The van der Waals surface area contributed by atoms with Crippen molar-refractivity contribution < 1.29 is 9.53 Å². The highest BCUT2D eigenvalue weighted by molar-refractivity contribution is 5.97. The van der Waals surface area contributed by atoms with Crippen molar-refractivity contribution in [1.29, 1.82) is 0 Å². The van der Waals surface area contributed by atoms with Gasteiger partial charge in [0.15, 0.2) is 0 Å². The fraction of sp³-hybridized carbons (Fsp3) is 0.400. The average molecular weight is 337 g/mol. The summed E-state index contributed by atoms with van der Waals surface area (Å²) in [6.07, 6.45) is 2.86. The summed E-state index contributed by atoms with van der Waals surface area (Å²) in [6, 6.07) is 8.21. The molecule has 0 bridgehead atoms. The molecule has 5 heteroatoms. The SMILES string of the molecule is C/C(=C\c1ccc(C)cc1)C(=O)N1CC(c2n[nH]c3c2COCC3)C1. The van der Waals surface area contributed by atoms with E-state index >= 15 is 0 Å². The van der Waals surface area contributed by atoms with Gasteiger partial charge < -0.3 is 9.64 Å². The molecule has 1 saturated heterocycles. The van der Waals surface area contributed by atoms with Gasteiger partial charge in [-0.25, -0.2) is 0 Å². The second kappa shape index (κ2) is 6.48. The van der Waals surface area contributed by atoms with Crippen molar-refractivity contribution in [3.63, 3.8) is 0 Å². The Morgan fingerprint density at radius 3 is 2.84 bits per heavy atom. The van der Waals surface area contributed by atoms with Gasteiger partial charge in [-0.3, -0.25) is 9.89 Å². The molecule has 1 N–H and O–H groups in total. The summed E-state index contributed by atoms with van der Waals surface area (Å²) in [6.45, 7) is 6.81. The van der Waals surface area contributed by atoms with Gasteiger partial charge in [-0.2, -0.15) is 5.10 Å². The van der Waals surface area contributed by atoms with Crippen molar-refractivity contribution in [3.05, 3.63) is 57.9 Å². The topological polar surface area (TPSA) is 58.2 Å². The van der Waals surface area contributed by atoms with Crippen molar-refractivity contribution in [3.8, 4) is 0 Å². The number of hydrogen-bond acceptors (Lipinski definition) is 3. The first-order valence-electron chi connectivity index (χ1n) is 8.80. The summed E-state index contributed by atoms with van der Waals surface area (Å²) in [4.78, 5) is 14.5. The van der Waals surface area contributed by atoms with Crippen LogP contribution in [0, 0.1) is 6.92 Å². The smallest absolute Gasteiger partial charge is 0.249 e. The normalized spacial score (nSPS) is 18.0. The van der Waals surface area contributed by atoms with E-state index in [2.05, 4.69) is 29.3 Å². The van der Waals surface area contributed by atoms with Crippen molar-refractivity contribution in [2.75, 3.05) is 19.7 Å². The first-order chi connectivity index (χ1) is 12.1. The number of carbonyl (C=O) groups excluding carboxylic acids is 1. The Bertz CT molecular complexity index is 814. The third-order valence-electron chi connectivity index (χ3n) is 5.08. The standard InChI is InChI=1S/C20H23N3O2/c1-13-3-5-15(6-4-13)9-14(2)20(24)23-10-16(11-23)19-17-12-25-8-7-18(17)21-22-19/h3-6,9,16H,7-8,10-12H2,1-2H3,(H,21,22)/b14-9+. The van der Waals surface area contributed by atoms with Crippen LogP contribution in [0.5, 0.6) is 0 Å². The highest BCUT2D eigenvalue weighted by atomic mass is 16.5. The van der Waals surface area contributed by atoms with E-state index in [4.69, 9.17) is 4.74 Å². The number of ether oxygens (including phenoxy) is 1. The van der Waals surface area contributed by atoms with Crippen LogP contribution in [-0.2, 0) is 22.6 Å². The lowest BCUT2D eigenvalue weighted by atomic mass is 9.91. The summed E-state index contributed by atoms with van der Waals surface area (Å²) in [5.41, 5.74) is 6.54. The molecule has 1 aromatic heterocycles. The van der Waals surface area contributed by atoms with Gasteiger partial charge in [-0.05, 0) is 25.5 Å². The summed E-state index contributed by atoms with van der Waals surface area (Å²) < 4.78 is 5.55. The summed E-state index contributed by atoms with van der Waals surface area (Å²) in [5, 5.41) is 7.61. The van der Waals surface area contributed by atoms with Crippen molar-refractivity contribution >= 4 is 12.0 Å². The number of aromatic nitrogens is 2. The van der Waals surface area contributed by atoms with Crippen molar-refractivity contribution in [2.24, 2.45) is 0 Å². The second-order valence-electron chi connectivity index (χ2n) is 7.01. The van der Waals surface area contributed by atoms with Crippen LogP contribution >= 0.6 is 0 Å². The van der Waals surface area contributed by atoms with E-state index in [9.17, 15) is 4.79 Å². The molecular weight excluding hydrogens is 314 g/mol. The maximum Gasteiger partial charge on any atom is 0.249 e. The predicted molar refractivity (Wildman–Crippen MR) is 96.1 cm³/mol. The molecule has 3 heterocycles. The Morgan fingerprint density at radius 2 is 2.08 bits per heavy atom. The van der Waals surface area contributed by atoms with Crippen molar-refractivity contribution in [2.45, 2.75) is 32.8 Å². The maximum absolute atomic E-state index is 12.6. The van der Waals surface area contributed by atoms with Gasteiger partial charge in [-0.15, -0.1) is 0 Å². The number of H-pyrrole nitrogens is 1. The van der Waals surface area contributed by atoms with E-state index in [0.29, 0.717) is 12.5 Å². The number of likely N-dealkylation sites (tertiary alicyclic amines) is 1. The zero-order chi connectivity index (χ0) is 17.4. The highest BCUT2D eigenvalue weighted by Gasteiger charge is 2.36. The number of aromatic amines is 1. The molecular formula is C20H23N3O2. The molecule has 130 valence electrons. The largest absolute Gasteiger partial charge is 0.376 e. The zero-order valence-corrected chi connectivity index (χ0v) is 14.7. The molecule has 2 aliphatic rings. The van der Waals surface area contributed by atoms with Crippen LogP contribution in [0.3, 0.4) is 0 Å². The van der Waals surface area contributed by atoms with Crippen molar-refractivity contribution in [1.82, 2.24) is 15.1 Å². The number of nitrogens with zero attached hydrogens (tertiary/aromatic N) is 2. The zero-order valence-electron chi connectivity index (χ0n) is 14.7. The lowest BCUT2D eigenvalue weighted by Crippen LogP contribution is -2.49. The van der Waals surface area contributed by atoms with Gasteiger partial charge in [0.05, 0.1) is 18.9 Å². The Kier molecular flexibility index (Phi) is 4.17. The molecule has 0 aliphatic carbocycles. The van der Waals surface area contributed by atoms with E-state index in [1.807, 2.05) is 30.0 Å². The molecule has 0 radical (unpaired) electrons. The van der Waals surface area contributed by atoms with Gasteiger partial charge in [-0.1, -0.05) is 29.8 Å². The molecule has 1 aromatic carbocycles. The number of carbonyl (C=O) groups is 1. The molecule has 2 aliphatic heterocycles. The van der Waals surface area contributed by atoms with E-state index in [0.717, 1.165) is 42.9 Å². The van der Waals surface area contributed by atoms with E-state index < -0.39 is 0 Å². The molecule has 0 unspecified atom stereocenters. The third kappa shape index (κ3) is 3.12. The van der Waals surface area contributed by atoms with Crippen LogP contribution in [0.4, 0.5) is 0 Å². The average Bonchev–Trinajstić information content (AvgIpc) is 2.99. The molecule has 0 spiro atoms. The molecule has 4 rings (SSSR count). The van der Waals surface area contributed by atoms with E-state index in [-0.39, 0.29) is 5.91 Å². The Hall–Kier alpha value is -2.40. The maximum atomic E-state index is 12.6. The molecule has 0 atom stereocenters. The summed E-state index contributed by atoms with van der Waals surface area (Å²) in [7, 11) is 0. The lowest BCUT2D eigenvalue weighted by Gasteiger charge is -2.39. The molecule has 5 nitrogen and oxygen atoms in total. The van der Waals surface area contributed by atoms with Gasteiger partial charge in [0, 0.05) is 42.3 Å². The quantitative estimate of drug-likeness (QED) is 0.876. The minimum atomic E-state index is 0.109. The fourth-order valence-electron chi connectivity index (χ4n) is 3.51. The minimum absolute atomic E-state index is 0.109. The number of hydrogen-bond donors (Lipinski definition) is 1. The van der Waals surface area contributed by atoms with Crippen LogP contribution in [-0.4, -0.2) is 40.7 Å². The van der Waals surface area contributed by atoms with Gasteiger partial charge in [0.2, 0.25) is 5.91 Å². The molecule has 25 heavy (non-hydrogen) atoms. The first-order valence-corrected chi connectivity index (χ1v) is 8.80. The Balaban J connectivity index is 1.40. The number of benzene rings is 1. The van der Waals surface area contributed by atoms with Crippen LogP contribution in [0.2, 0.25) is 0 Å². The fourth-order valence-corrected chi connectivity index (χ4v) is 3.51. The number of amides is 1. The summed E-state index contributed by atoms with van der Waals surface area (Å²) in [5.74, 6) is 0.426. The monoisotopic (exact) mass is 337 g/mol. The predicted octanol–water partition coefficient (Wildman–Crippen LogP) is 2.82. The molecule has 2 aromatic rings. The third-order valence-corrected chi connectivity index (χ3v) is 5.08. The van der Waals surface area contributed by atoms with E-state index in [1.165, 1.54) is 16.8 Å². The van der Waals surface area contributed by atoms with Gasteiger partial charge in [0.25, 0.3) is 0 Å². The number of fused-ring (bicyclic) bond motifs is 1. The van der Waals surface area contributed by atoms with Crippen LogP contribution in [0.25, 0.3) is 6.08 Å².